The van der Waals surface area contributed by atoms with Crippen molar-refractivity contribution in [2.45, 2.75) is 6.92 Å². The van der Waals surface area contributed by atoms with Crippen molar-refractivity contribution in [3.63, 3.8) is 0 Å². The predicted octanol–water partition coefficient (Wildman–Crippen LogP) is 9.74. The first-order valence-electron chi connectivity index (χ1n) is 11.9. The van der Waals surface area contributed by atoms with E-state index >= 15 is 0 Å². The third-order valence-corrected chi connectivity index (χ3v) is 6.47. The minimum absolute atomic E-state index is 0.725. The second-order valence-corrected chi connectivity index (χ2v) is 9.35. The predicted molar refractivity (Wildman–Crippen MR) is 157 cm³/mol. The van der Waals surface area contributed by atoms with E-state index in [9.17, 15) is 0 Å². The lowest BCUT2D eigenvalue weighted by Crippen LogP contribution is -1.96. The lowest BCUT2D eigenvalue weighted by molar-refractivity contribution is 1.18. The molecule has 174 valence electrons. The molecule has 0 atom stereocenters. The largest absolute Gasteiger partial charge is 0.228 e. The highest BCUT2D eigenvalue weighted by Crippen LogP contribution is 2.36. The van der Waals surface area contributed by atoms with Gasteiger partial charge in [-0.25, -0.2) is 9.97 Å². The normalized spacial score (nSPS) is 10.6. The van der Waals surface area contributed by atoms with Crippen LogP contribution in [0.5, 0.6) is 0 Å². The summed E-state index contributed by atoms with van der Waals surface area (Å²) in [6, 6.07) is 39.9. The van der Waals surface area contributed by atoms with Crippen molar-refractivity contribution >= 4 is 37.5 Å². The Kier molecular flexibility index (Phi) is 7.01. The molecule has 0 saturated heterocycles. The average molecular weight is 529 g/mol. The highest BCUT2D eigenvalue weighted by molar-refractivity contribution is 9.10. The van der Waals surface area contributed by atoms with E-state index in [-0.39, 0.29) is 0 Å². The minimum atomic E-state index is 0.725. The molecule has 36 heavy (non-hydrogen) atoms. The molecule has 3 heteroatoms. The van der Waals surface area contributed by atoms with E-state index in [2.05, 4.69) is 107 Å². The molecule has 0 N–H and O–H groups in total. The van der Waals surface area contributed by atoms with Gasteiger partial charge in [-0.05, 0) is 52.7 Å². The van der Waals surface area contributed by atoms with E-state index in [4.69, 9.17) is 9.97 Å². The fraction of sp³-hybridized carbons (Fsp3) is 0.0303. The lowest BCUT2D eigenvalue weighted by Gasteiger charge is -2.13. The molecule has 1 heterocycles. The second-order valence-electron chi connectivity index (χ2n) is 8.43. The summed E-state index contributed by atoms with van der Waals surface area (Å²) in [5.41, 5.74) is 5.00. The van der Waals surface area contributed by atoms with E-state index in [1.54, 1.807) is 6.08 Å². The molecule has 0 fully saturated rings. The molecule has 0 aliphatic carbocycles. The van der Waals surface area contributed by atoms with E-state index in [1.165, 1.54) is 21.5 Å². The highest BCUT2D eigenvalue weighted by atomic mass is 79.9. The van der Waals surface area contributed by atoms with Crippen LogP contribution in [-0.2, 0) is 0 Å². The Morgan fingerprint density at radius 1 is 0.611 bits per heavy atom. The van der Waals surface area contributed by atoms with E-state index < -0.39 is 0 Å². The first-order chi connectivity index (χ1) is 17.7. The Hall–Kier alpha value is -4.08. The molecule has 1 aromatic heterocycles. The molecule has 0 radical (unpaired) electrons. The molecule has 0 aliphatic rings. The smallest absolute Gasteiger partial charge is 0.160 e. The standard InChI is InChI=1S/C30H19BrN2.C3H6/c31-23-16-14-20(15-17-23)28-19-29(33-30(32-28)21-8-2-1-3-9-21)27-18-22-10-4-5-11-24(22)25-12-6-7-13-26(25)27;1-3-2/h1-19H;3H,1H2,2H3. The summed E-state index contributed by atoms with van der Waals surface area (Å²) in [5, 5.41) is 4.88. The van der Waals surface area contributed by atoms with Gasteiger partial charge >= 0.3 is 0 Å². The van der Waals surface area contributed by atoms with Crippen LogP contribution in [0.1, 0.15) is 6.92 Å². The van der Waals surface area contributed by atoms with Crippen LogP contribution in [0, 0.1) is 0 Å². The number of nitrogens with zero attached hydrogens (tertiary/aromatic N) is 2. The van der Waals surface area contributed by atoms with Crippen LogP contribution in [0.2, 0.25) is 0 Å². The minimum Gasteiger partial charge on any atom is -0.228 e. The number of rotatable bonds is 3. The Morgan fingerprint density at radius 2 is 1.19 bits per heavy atom. The topological polar surface area (TPSA) is 25.8 Å². The van der Waals surface area contributed by atoms with Gasteiger partial charge in [0.25, 0.3) is 0 Å². The Balaban J connectivity index is 0.000000848. The maximum atomic E-state index is 5.05. The van der Waals surface area contributed by atoms with Crippen LogP contribution in [0.4, 0.5) is 0 Å². The van der Waals surface area contributed by atoms with Gasteiger partial charge in [0.15, 0.2) is 5.82 Å². The molecule has 0 bridgehead atoms. The Morgan fingerprint density at radius 3 is 1.92 bits per heavy atom. The van der Waals surface area contributed by atoms with Crippen LogP contribution < -0.4 is 0 Å². The molecule has 6 aromatic rings. The van der Waals surface area contributed by atoms with E-state index in [0.717, 1.165) is 38.4 Å². The number of fused-ring (bicyclic) bond motifs is 3. The van der Waals surface area contributed by atoms with Crippen LogP contribution in [-0.4, -0.2) is 9.97 Å². The van der Waals surface area contributed by atoms with Crippen LogP contribution in [0.25, 0.3) is 55.4 Å². The van der Waals surface area contributed by atoms with Crippen LogP contribution >= 0.6 is 15.9 Å². The molecular formula is C33H25BrN2. The van der Waals surface area contributed by atoms with Gasteiger partial charge in [-0.3, -0.25) is 0 Å². The van der Waals surface area contributed by atoms with E-state index in [0.29, 0.717) is 0 Å². The SMILES string of the molecule is Brc1ccc(-c2cc(-c3cc4ccccc4c4ccccc34)nc(-c3ccccc3)n2)cc1.C=CC. The molecule has 0 unspecified atom stereocenters. The lowest BCUT2D eigenvalue weighted by atomic mass is 9.95. The maximum absolute atomic E-state index is 5.05. The first kappa shape index (κ1) is 23.7. The fourth-order valence-electron chi connectivity index (χ4n) is 4.34. The summed E-state index contributed by atoms with van der Waals surface area (Å²) >= 11 is 3.54. The summed E-state index contributed by atoms with van der Waals surface area (Å²) in [5.74, 6) is 0.725. The Labute approximate surface area is 220 Å². The Bertz CT molecular complexity index is 1660. The zero-order chi connectivity index (χ0) is 24.9. The summed E-state index contributed by atoms with van der Waals surface area (Å²) in [6.07, 6.45) is 1.75. The molecular weight excluding hydrogens is 504 g/mol. The number of aromatic nitrogens is 2. The van der Waals surface area contributed by atoms with E-state index in [1.807, 2.05) is 37.3 Å². The fourth-order valence-corrected chi connectivity index (χ4v) is 4.60. The number of hydrogen-bond donors (Lipinski definition) is 0. The molecule has 0 spiro atoms. The third-order valence-electron chi connectivity index (χ3n) is 5.94. The molecule has 2 nitrogen and oxygen atoms in total. The first-order valence-corrected chi connectivity index (χ1v) is 12.7. The zero-order valence-corrected chi connectivity index (χ0v) is 21.6. The van der Waals surface area contributed by atoms with Crippen LogP contribution in [0.3, 0.4) is 0 Å². The van der Waals surface area contributed by atoms with Crippen molar-refractivity contribution < 1.29 is 0 Å². The second kappa shape index (κ2) is 10.7. The van der Waals surface area contributed by atoms with Gasteiger partial charge in [0, 0.05) is 21.2 Å². The van der Waals surface area contributed by atoms with Crippen LogP contribution in [0.15, 0.2) is 132 Å². The summed E-state index contributed by atoms with van der Waals surface area (Å²) in [7, 11) is 0. The average Bonchev–Trinajstić information content (AvgIpc) is 2.94. The molecule has 5 aromatic carbocycles. The summed E-state index contributed by atoms with van der Waals surface area (Å²) in [6.45, 7) is 5.25. The van der Waals surface area contributed by atoms with Crippen molar-refractivity contribution in [3.8, 4) is 33.9 Å². The quantitative estimate of drug-likeness (QED) is 0.168. The van der Waals surface area contributed by atoms with Gasteiger partial charge in [0.05, 0.1) is 11.4 Å². The molecule has 0 amide bonds. The van der Waals surface area contributed by atoms with Crippen molar-refractivity contribution in [2.75, 3.05) is 0 Å². The highest BCUT2D eigenvalue weighted by Gasteiger charge is 2.14. The number of hydrogen-bond acceptors (Lipinski definition) is 2. The van der Waals surface area contributed by atoms with Gasteiger partial charge in [-0.1, -0.05) is 113 Å². The van der Waals surface area contributed by atoms with Gasteiger partial charge < -0.3 is 0 Å². The van der Waals surface area contributed by atoms with Gasteiger partial charge in [-0.2, -0.15) is 0 Å². The van der Waals surface area contributed by atoms with Crippen molar-refractivity contribution in [1.29, 1.82) is 0 Å². The number of allylic oxidation sites excluding steroid dienone is 1. The van der Waals surface area contributed by atoms with Gasteiger partial charge in [0.1, 0.15) is 0 Å². The summed E-state index contributed by atoms with van der Waals surface area (Å²) in [4.78, 5) is 10.00. The number of halogens is 1. The summed E-state index contributed by atoms with van der Waals surface area (Å²) < 4.78 is 1.05. The number of benzene rings is 5. The van der Waals surface area contributed by atoms with Crippen molar-refractivity contribution in [3.05, 3.63) is 132 Å². The zero-order valence-electron chi connectivity index (χ0n) is 20.0. The molecule has 6 rings (SSSR count). The molecule has 0 aliphatic heterocycles. The van der Waals surface area contributed by atoms with Gasteiger partial charge in [0.2, 0.25) is 0 Å². The molecule has 0 saturated carbocycles. The van der Waals surface area contributed by atoms with Crippen molar-refractivity contribution in [2.24, 2.45) is 0 Å². The van der Waals surface area contributed by atoms with Gasteiger partial charge in [-0.15, -0.1) is 6.58 Å². The third kappa shape index (κ3) is 4.84. The maximum Gasteiger partial charge on any atom is 0.160 e. The van der Waals surface area contributed by atoms with Crippen molar-refractivity contribution in [1.82, 2.24) is 9.97 Å². The monoisotopic (exact) mass is 528 g/mol.